The Morgan fingerprint density at radius 2 is 2.09 bits per heavy atom. The highest BCUT2D eigenvalue weighted by molar-refractivity contribution is 14.1. The zero-order chi connectivity index (χ0) is 8.10. The maximum Gasteiger partial charge on any atom is 0.0625 e. The topological polar surface area (TPSA) is 23.8 Å². The lowest BCUT2D eigenvalue weighted by Gasteiger charge is -1.98. The Hall–Kier alpha value is -0.560. The van der Waals surface area contributed by atoms with E-state index >= 15 is 0 Å². The lowest BCUT2D eigenvalue weighted by molar-refractivity contribution is 1.00. The first-order valence-electron chi connectivity index (χ1n) is 3.45. The molecule has 0 spiro atoms. The van der Waals surface area contributed by atoms with E-state index in [1.165, 1.54) is 9.13 Å². The van der Waals surface area contributed by atoms with Crippen LogP contribution in [-0.4, -0.2) is 0 Å². The first kappa shape index (κ1) is 8.54. The Morgan fingerprint density at radius 3 is 2.73 bits per heavy atom. The average Bonchev–Trinajstić information content (AvgIpc) is 2.03. The summed E-state index contributed by atoms with van der Waals surface area (Å²) in [6.07, 6.45) is 1.48. The number of hydrogen-bond acceptors (Lipinski definition) is 1. The fraction of sp³-hybridized carbons (Fsp3) is 0.222. The number of nitrogens with zero attached hydrogens (tertiary/aromatic N) is 1. The second kappa shape index (κ2) is 4.35. The highest BCUT2D eigenvalue weighted by Crippen LogP contribution is 2.12. The van der Waals surface area contributed by atoms with E-state index in [1.54, 1.807) is 0 Å². The van der Waals surface area contributed by atoms with Crippen molar-refractivity contribution in [3.63, 3.8) is 0 Å². The Balaban J connectivity index is 2.71. The maximum absolute atomic E-state index is 8.37. The molecule has 0 radical (unpaired) electrons. The van der Waals surface area contributed by atoms with Crippen LogP contribution in [0.1, 0.15) is 12.0 Å². The molecule has 0 bridgehead atoms. The van der Waals surface area contributed by atoms with E-state index in [4.69, 9.17) is 5.26 Å². The quantitative estimate of drug-likeness (QED) is 0.747. The Labute approximate surface area is 80.2 Å². The molecule has 1 aromatic rings. The molecule has 1 rings (SSSR count). The molecule has 11 heavy (non-hydrogen) atoms. The van der Waals surface area contributed by atoms with Gasteiger partial charge in [-0.25, -0.2) is 0 Å². The van der Waals surface area contributed by atoms with Gasteiger partial charge in [-0.2, -0.15) is 5.26 Å². The van der Waals surface area contributed by atoms with E-state index in [9.17, 15) is 0 Å². The summed E-state index contributed by atoms with van der Waals surface area (Å²) in [5, 5.41) is 8.37. The summed E-state index contributed by atoms with van der Waals surface area (Å²) in [5.41, 5.74) is 1.27. The number of aryl methyl sites for hydroxylation is 1. The van der Waals surface area contributed by atoms with Gasteiger partial charge in [0.15, 0.2) is 0 Å². The molecule has 0 aromatic heterocycles. The summed E-state index contributed by atoms with van der Waals surface area (Å²) in [4.78, 5) is 0. The third-order valence-corrected chi connectivity index (χ3v) is 2.52. The molecule has 0 atom stereocenters. The van der Waals surface area contributed by atoms with Crippen molar-refractivity contribution < 1.29 is 0 Å². The SMILES string of the molecule is N#CCCc1ccccc1I. The normalized spacial score (nSPS) is 9.09. The van der Waals surface area contributed by atoms with Gasteiger partial charge < -0.3 is 0 Å². The van der Waals surface area contributed by atoms with Gasteiger partial charge in [0.05, 0.1) is 6.07 Å². The molecule has 1 nitrogen and oxygen atoms in total. The largest absolute Gasteiger partial charge is 0.198 e. The summed E-state index contributed by atoms with van der Waals surface area (Å²) in [5.74, 6) is 0. The molecule has 0 saturated carbocycles. The van der Waals surface area contributed by atoms with Crippen LogP contribution in [0.15, 0.2) is 24.3 Å². The van der Waals surface area contributed by atoms with Crippen molar-refractivity contribution in [2.45, 2.75) is 12.8 Å². The zero-order valence-corrected chi connectivity index (χ0v) is 8.21. The van der Waals surface area contributed by atoms with Crippen LogP contribution in [0, 0.1) is 14.9 Å². The van der Waals surface area contributed by atoms with Crippen LogP contribution in [0.25, 0.3) is 0 Å². The summed E-state index contributed by atoms with van der Waals surface area (Å²) in [6, 6.07) is 10.3. The smallest absolute Gasteiger partial charge is 0.0625 e. The molecular formula is C9H8IN. The lowest BCUT2D eigenvalue weighted by Crippen LogP contribution is -1.86. The minimum Gasteiger partial charge on any atom is -0.198 e. The third kappa shape index (κ3) is 2.51. The first-order chi connectivity index (χ1) is 5.34. The van der Waals surface area contributed by atoms with E-state index < -0.39 is 0 Å². The van der Waals surface area contributed by atoms with E-state index in [1.807, 2.05) is 12.1 Å². The highest BCUT2D eigenvalue weighted by Gasteiger charge is 1.95. The minimum atomic E-state index is 0.611. The van der Waals surface area contributed by atoms with Crippen molar-refractivity contribution in [3.8, 4) is 6.07 Å². The molecule has 0 saturated heterocycles. The third-order valence-electron chi connectivity index (χ3n) is 1.46. The molecule has 0 N–H and O–H groups in total. The number of hydrogen-bond donors (Lipinski definition) is 0. The van der Waals surface area contributed by atoms with Crippen LogP contribution in [0.3, 0.4) is 0 Å². The van der Waals surface area contributed by atoms with Crippen molar-refractivity contribution >= 4 is 22.6 Å². The van der Waals surface area contributed by atoms with Gasteiger partial charge in [0, 0.05) is 9.99 Å². The molecule has 1 aromatic carbocycles. The van der Waals surface area contributed by atoms with Gasteiger partial charge in [0.2, 0.25) is 0 Å². The molecule has 0 aliphatic heterocycles. The van der Waals surface area contributed by atoms with Crippen LogP contribution in [0.5, 0.6) is 0 Å². The minimum absolute atomic E-state index is 0.611. The van der Waals surface area contributed by atoms with Gasteiger partial charge in [0.1, 0.15) is 0 Å². The Kier molecular flexibility index (Phi) is 3.37. The van der Waals surface area contributed by atoms with Crippen LogP contribution in [0.2, 0.25) is 0 Å². The maximum atomic E-state index is 8.37. The monoisotopic (exact) mass is 257 g/mol. The predicted octanol–water partition coefficient (Wildman–Crippen LogP) is 2.75. The Morgan fingerprint density at radius 1 is 1.36 bits per heavy atom. The van der Waals surface area contributed by atoms with Crippen LogP contribution in [-0.2, 0) is 6.42 Å². The number of rotatable bonds is 2. The van der Waals surface area contributed by atoms with Crippen molar-refractivity contribution in [2.24, 2.45) is 0 Å². The highest BCUT2D eigenvalue weighted by atomic mass is 127. The summed E-state index contributed by atoms with van der Waals surface area (Å²) >= 11 is 2.29. The van der Waals surface area contributed by atoms with Gasteiger partial charge in [-0.15, -0.1) is 0 Å². The fourth-order valence-electron chi connectivity index (χ4n) is 0.892. The lowest BCUT2D eigenvalue weighted by atomic mass is 10.1. The van der Waals surface area contributed by atoms with Crippen molar-refractivity contribution in [2.75, 3.05) is 0 Å². The molecular weight excluding hydrogens is 249 g/mol. The summed E-state index contributed by atoms with van der Waals surface area (Å²) in [7, 11) is 0. The van der Waals surface area contributed by atoms with Crippen LogP contribution >= 0.6 is 22.6 Å². The molecule has 0 unspecified atom stereocenters. The molecule has 0 aliphatic carbocycles. The van der Waals surface area contributed by atoms with E-state index in [-0.39, 0.29) is 0 Å². The van der Waals surface area contributed by atoms with Crippen LogP contribution in [0.4, 0.5) is 0 Å². The molecule has 2 heteroatoms. The van der Waals surface area contributed by atoms with Gasteiger partial charge >= 0.3 is 0 Å². The van der Waals surface area contributed by atoms with Gasteiger partial charge in [-0.1, -0.05) is 18.2 Å². The van der Waals surface area contributed by atoms with Crippen molar-refractivity contribution in [1.82, 2.24) is 0 Å². The van der Waals surface area contributed by atoms with E-state index in [0.717, 1.165) is 6.42 Å². The zero-order valence-electron chi connectivity index (χ0n) is 6.05. The number of nitriles is 1. The standard InChI is InChI=1S/C9H8IN/c10-9-6-2-1-4-8(9)5-3-7-11/h1-2,4,6H,3,5H2. The second-order valence-corrected chi connectivity index (χ2v) is 3.41. The predicted molar refractivity (Wildman–Crippen MR) is 53.1 cm³/mol. The van der Waals surface area contributed by atoms with Crippen molar-refractivity contribution in [3.05, 3.63) is 33.4 Å². The van der Waals surface area contributed by atoms with Gasteiger partial charge in [-0.05, 0) is 40.6 Å². The number of halogens is 1. The summed E-state index contributed by atoms with van der Waals surface area (Å²) in [6.45, 7) is 0. The average molecular weight is 257 g/mol. The molecule has 0 aliphatic rings. The van der Waals surface area contributed by atoms with E-state index in [2.05, 4.69) is 40.8 Å². The Bertz CT molecular complexity index is 275. The molecule has 0 heterocycles. The van der Waals surface area contributed by atoms with Crippen molar-refractivity contribution in [1.29, 1.82) is 5.26 Å². The first-order valence-corrected chi connectivity index (χ1v) is 4.53. The number of benzene rings is 1. The molecule has 0 amide bonds. The van der Waals surface area contributed by atoms with E-state index in [0.29, 0.717) is 6.42 Å². The molecule has 56 valence electrons. The molecule has 0 fully saturated rings. The van der Waals surface area contributed by atoms with Crippen LogP contribution < -0.4 is 0 Å². The summed E-state index contributed by atoms with van der Waals surface area (Å²) < 4.78 is 1.25. The van der Waals surface area contributed by atoms with Gasteiger partial charge in [0.25, 0.3) is 0 Å². The second-order valence-electron chi connectivity index (χ2n) is 2.25. The fourth-order valence-corrected chi connectivity index (χ4v) is 1.55. The van der Waals surface area contributed by atoms with Gasteiger partial charge in [-0.3, -0.25) is 0 Å².